The van der Waals surface area contributed by atoms with E-state index in [2.05, 4.69) is 19.6 Å². The highest BCUT2D eigenvalue weighted by molar-refractivity contribution is 7.98. The highest BCUT2D eigenvalue weighted by atomic mass is 32.2. The molecule has 0 fully saturated rings. The van der Waals surface area contributed by atoms with Gasteiger partial charge in [-0.1, -0.05) is 0 Å². The maximum Gasteiger partial charge on any atom is 0.222 e. The van der Waals surface area contributed by atoms with Gasteiger partial charge in [0, 0.05) is 23.3 Å². The van der Waals surface area contributed by atoms with Gasteiger partial charge < -0.3 is 4.84 Å². The first-order chi connectivity index (χ1) is 7.76. The third kappa shape index (κ3) is 5.17. The van der Waals surface area contributed by atoms with E-state index in [-0.39, 0.29) is 0 Å². The van der Waals surface area contributed by atoms with E-state index in [0.29, 0.717) is 12.3 Å². The summed E-state index contributed by atoms with van der Waals surface area (Å²) in [6.07, 6.45) is 0.675. The van der Waals surface area contributed by atoms with Crippen LogP contribution in [0.3, 0.4) is 0 Å². The fourth-order valence-corrected chi connectivity index (χ4v) is 2.79. The molecule has 0 amide bonds. The second-order valence-corrected chi connectivity index (χ2v) is 5.43. The van der Waals surface area contributed by atoms with Gasteiger partial charge in [-0.25, -0.2) is 4.98 Å². The zero-order valence-corrected chi connectivity index (χ0v) is 11.3. The number of nitrogens with two attached hydrogens (primary N) is 2. The summed E-state index contributed by atoms with van der Waals surface area (Å²) in [6, 6.07) is 0. The van der Waals surface area contributed by atoms with E-state index in [1.807, 2.05) is 6.92 Å². The van der Waals surface area contributed by atoms with Crippen molar-refractivity contribution in [3.05, 3.63) is 16.1 Å². The molecule has 1 aromatic rings. The Kier molecular flexibility index (Phi) is 6.81. The van der Waals surface area contributed by atoms with Gasteiger partial charge in [-0.2, -0.15) is 22.1 Å². The topological polar surface area (TPSA) is 86.5 Å². The highest BCUT2D eigenvalue weighted by Gasteiger charge is 2.02. The first-order valence-corrected chi connectivity index (χ1v) is 7.41. The van der Waals surface area contributed by atoms with E-state index in [9.17, 15) is 0 Å². The van der Waals surface area contributed by atoms with Gasteiger partial charge in [0.25, 0.3) is 0 Å². The summed E-state index contributed by atoms with van der Waals surface area (Å²) in [7, 11) is 0. The molecule has 1 heterocycles. The molecule has 0 unspecified atom stereocenters. The summed E-state index contributed by atoms with van der Waals surface area (Å²) in [4.78, 5) is 8.94. The molecule has 4 N–H and O–H groups in total. The monoisotopic (exact) mass is 278 g/mol. The molecule has 16 heavy (non-hydrogen) atoms. The number of nitrogens with zero attached hydrogens (tertiary/aromatic N) is 2. The lowest BCUT2D eigenvalue weighted by Gasteiger charge is -2.01. The molecule has 1 rings (SSSR count). The van der Waals surface area contributed by atoms with Crippen LogP contribution in [-0.4, -0.2) is 16.6 Å². The van der Waals surface area contributed by atoms with Crippen molar-refractivity contribution in [3.8, 4) is 0 Å². The maximum absolute atomic E-state index is 5.18. The first kappa shape index (κ1) is 13.8. The van der Waals surface area contributed by atoms with Crippen LogP contribution in [0.15, 0.2) is 9.78 Å². The second kappa shape index (κ2) is 7.91. The fourth-order valence-electron chi connectivity index (χ4n) is 0.996. The molecule has 0 aromatic carbocycles. The number of hydrogen-bond acceptors (Lipinski definition) is 8. The van der Waals surface area contributed by atoms with Crippen LogP contribution in [0.4, 0.5) is 0 Å². The number of aromatic nitrogens is 1. The number of rotatable bonds is 6. The Morgan fingerprint density at radius 3 is 3.06 bits per heavy atom. The van der Waals surface area contributed by atoms with Gasteiger partial charge in [0.15, 0.2) is 0 Å². The van der Waals surface area contributed by atoms with Gasteiger partial charge in [-0.05, 0) is 6.92 Å². The van der Waals surface area contributed by atoms with E-state index in [0.717, 1.165) is 34.3 Å². The molecule has 1 aromatic heterocycles. The maximum atomic E-state index is 5.18. The van der Waals surface area contributed by atoms with Crippen LogP contribution in [-0.2, 0) is 10.6 Å². The lowest BCUT2D eigenvalue weighted by atomic mass is 10.5. The third-order valence-electron chi connectivity index (χ3n) is 1.67. The molecule has 0 aliphatic carbocycles. The van der Waals surface area contributed by atoms with Crippen LogP contribution in [0, 0.1) is 6.92 Å². The number of thioether (sulfide) groups is 1. The van der Waals surface area contributed by atoms with Crippen LogP contribution in [0.5, 0.6) is 0 Å². The van der Waals surface area contributed by atoms with Crippen LogP contribution in [0.25, 0.3) is 0 Å². The lowest BCUT2D eigenvalue weighted by Crippen LogP contribution is -2.11. The van der Waals surface area contributed by atoms with Crippen molar-refractivity contribution in [1.82, 2.24) is 4.98 Å². The Morgan fingerprint density at radius 2 is 2.50 bits per heavy atom. The minimum atomic E-state index is 0.467. The highest BCUT2D eigenvalue weighted by Crippen LogP contribution is 2.16. The molecule has 0 aliphatic rings. The van der Waals surface area contributed by atoms with Crippen LogP contribution >= 0.6 is 35.2 Å². The van der Waals surface area contributed by atoms with E-state index in [4.69, 9.17) is 11.0 Å². The van der Waals surface area contributed by atoms with Gasteiger partial charge in [-0.15, -0.1) is 11.3 Å². The molecule has 0 aliphatic heterocycles. The SMILES string of the molecule is Cc1nc(CSCCC(=NSN)ON)cs1. The Morgan fingerprint density at radius 1 is 1.69 bits per heavy atom. The first-order valence-electron chi connectivity index (χ1n) is 4.54. The Balaban J connectivity index is 2.18. The molecular formula is C8H14N4OS3. The summed E-state index contributed by atoms with van der Waals surface area (Å²) in [5.41, 5.74) is 1.12. The zero-order chi connectivity index (χ0) is 11.8. The van der Waals surface area contributed by atoms with Gasteiger partial charge >= 0.3 is 0 Å². The molecule has 5 nitrogen and oxygen atoms in total. The second-order valence-electron chi connectivity index (χ2n) is 2.87. The Bertz CT molecular complexity index is 342. The molecular weight excluding hydrogens is 264 g/mol. The summed E-state index contributed by atoms with van der Waals surface area (Å²) < 4.78 is 3.83. The van der Waals surface area contributed by atoms with Crippen molar-refractivity contribution in [2.75, 3.05) is 5.75 Å². The quantitative estimate of drug-likeness (QED) is 0.272. The summed E-state index contributed by atoms with van der Waals surface area (Å²) in [5.74, 6) is 7.29. The summed E-state index contributed by atoms with van der Waals surface area (Å²) in [6.45, 7) is 2.00. The summed E-state index contributed by atoms with van der Waals surface area (Å²) >= 11 is 4.29. The smallest absolute Gasteiger partial charge is 0.222 e. The minimum absolute atomic E-state index is 0.467. The normalized spacial score (nSPS) is 11.8. The molecule has 90 valence electrons. The predicted molar refractivity (Wildman–Crippen MR) is 72.1 cm³/mol. The van der Waals surface area contributed by atoms with Crippen LogP contribution in [0.2, 0.25) is 0 Å². The van der Waals surface area contributed by atoms with E-state index in [1.54, 1.807) is 23.1 Å². The standard InChI is InChI=1S/C8H14N4OS3/c1-6-11-7(5-15-6)4-14-3-2-8(13-9)12-16-10/h5H,2-4,9-10H2,1H3. The third-order valence-corrected chi connectivity index (χ3v) is 3.79. The fraction of sp³-hybridized carbons (Fsp3) is 0.500. The van der Waals surface area contributed by atoms with E-state index < -0.39 is 0 Å². The van der Waals surface area contributed by atoms with Gasteiger partial charge in [0.1, 0.15) is 0 Å². The molecule has 0 radical (unpaired) electrons. The van der Waals surface area contributed by atoms with E-state index in [1.165, 1.54) is 0 Å². The average Bonchev–Trinajstić information content (AvgIpc) is 2.69. The Hall–Kier alpha value is -0.280. The lowest BCUT2D eigenvalue weighted by molar-refractivity contribution is 0.314. The van der Waals surface area contributed by atoms with E-state index >= 15 is 0 Å². The van der Waals surface area contributed by atoms with Crippen LogP contribution < -0.4 is 11.0 Å². The van der Waals surface area contributed by atoms with Gasteiger partial charge in [0.05, 0.1) is 22.8 Å². The molecule has 0 saturated carbocycles. The van der Waals surface area contributed by atoms with Crippen LogP contribution in [0.1, 0.15) is 17.1 Å². The van der Waals surface area contributed by atoms with Gasteiger partial charge in [-0.3, -0.25) is 5.14 Å². The Labute approximate surface area is 107 Å². The average molecular weight is 278 g/mol. The molecule has 0 spiro atoms. The number of hydrogen-bond donors (Lipinski definition) is 2. The van der Waals surface area contributed by atoms with Crippen molar-refractivity contribution < 1.29 is 4.84 Å². The molecule has 0 atom stereocenters. The van der Waals surface area contributed by atoms with Gasteiger partial charge in [0.2, 0.25) is 5.90 Å². The van der Waals surface area contributed by atoms with Crippen molar-refractivity contribution in [1.29, 1.82) is 0 Å². The summed E-state index contributed by atoms with van der Waals surface area (Å²) in [5, 5.41) is 8.36. The minimum Gasteiger partial charge on any atom is -0.395 e. The predicted octanol–water partition coefficient (Wildman–Crippen LogP) is 1.89. The van der Waals surface area contributed by atoms with Crippen molar-refractivity contribution in [2.24, 2.45) is 15.4 Å². The molecule has 0 bridgehead atoms. The van der Waals surface area contributed by atoms with Crippen molar-refractivity contribution >= 4 is 41.1 Å². The molecule has 8 heteroatoms. The van der Waals surface area contributed by atoms with Crippen molar-refractivity contribution in [3.63, 3.8) is 0 Å². The molecule has 0 saturated heterocycles. The number of aryl methyl sites for hydroxylation is 1. The number of thiazole rings is 1. The van der Waals surface area contributed by atoms with Crippen molar-refractivity contribution in [2.45, 2.75) is 19.1 Å². The zero-order valence-electron chi connectivity index (χ0n) is 8.88. The largest absolute Gasteiger partial charge is 0.395 e.